The van der Waals surface area contributed by atoms with E-state index in [0.717, 1.165) is 5.56 Å². The zero-order valence-corrected chi connectivity index (χ0v) is 21.8. The fourth-order valence-corrected chi connectivity index (χ4v) is 4.39. The van der Waals surface area contributed by atoms with Crippen LogP contribution in [-0.4, -0.2) is 34.9 Å². The van der Waals surface area contributed by atoms with E-state index in [0.29, 0.717) is 40.6 Å². The molecule has 0 fully saturated rings. The van der Waals surface area contributed by atoms with Gasteiger partial charge in [0.1, 0.15) is 0 Å². The van der Waals surface area contributed by atoms with E-state index in [4.69, 9.17) is 9.72 Å². The van der Waals surface area contributed by atoms with Crippen molar-refractivity contribution < 1.29 is 19.1 Å². The predicted molar refractivity (Wildman–Crippen MR) is 154 cm³/mol. The summed E-state index contributed by atoms with van der Waals surface area (Å²) in [6.07, 6.45) is 1.09. The van der Waals surface area contributed by atoms with Gasteiger partial charge in [0.2, 0.25) is 5.95 Å². The molecule has 198 valence electrons. The SMILES string of the molecule is COC(=O)c1ccc2nc(NC(=O)c3ccccc3)nc(CCc3ccccc3)c2c1NC(=O)c1ccccc1. The Hall–Kier alpha value is -5.37. The van der Waals surface area contributed by atoms with E-state index in [1.807, 2.05) is 42.5 Å². The summed E-state index contributed by atoms with van der Waals surface area (Å²) in [5.41, 5.74) is 3.42. The molecular weight excluding hydrogens is 504 g/mol. The number of benzene rings is 4. The van der Waals surface area contributed by atoms with Crippen LogP contribution in [0, 0.1) is 0 Å². The number of rotatable bonds is 8. The van der Waals surface area contributed by atoms with Gasteiger partial charge in [-0.25, -0.2) is 14.8 Å². The molecule has 8 nitrogen and oxygen atoms in total. The number of aryl methyl sites for hydroxylation is 2. The number of amides is 2. The summed E-state index contributed by atoms with van der Waals surface area (Å²) in [5, 5.41) is 6.19. The topological polar surface area (TPSA) is 110 Å². The third kappa shape index (κ3) is 5.86. The number of ether oxygens (including phenoxy) is 1. The van der Waals surface area contributed by atoms with Crippen LogP contribution in [0.5, 0.6) is 0 Å². The molecule has 1 aromatic heterocycles. The molecule has 40 heavy (non-hydrogen) atoms. The summed E-state index contributed by atoms with van der Waals surface area (Å²) in [5.74, 6) is -1.23. The molecule has 2 N–H and O–H groups in total. The Bertz CT molecular complexity index is 1670. The Kier molecular flexibility index (Phi) is 7.87. The molecule has 0 saturated carbocycles. The lowest BCUT2D eigenvalue weighted by molar-refractivity contribution is 0.0602. The van der Waals surface area contributed by atoms with Gasteiger partial charge in [0.25, 0.3) is 11.8 Å². The van der Waals surface area contributed by atoms with Crippen molar-refractivity contribution in [2.75, 3.05) is 17.7 Å². The lowest BCUT2D eigenvalue weighted by Crippen LogP contribution is -2.18. The number of aromatic nitrogens is 2. The van der Waals surface area contributed by atoms with Gasteiger partial charge in [-0.2, -0.15) is 0 Å². The third-order valence-corrected chi connectivity index (χ3v) is 6.37. The fraction of sp³-hybridized carbons (Fsp3) is 0.0938. The first-order valence-electron chi connectivity index (χ1n) is 12.7. The van der Waals surface area contributed by atoms with Crippen molar-refractivity contribution in [2.45, 2.75) is 12.8 Å². The van der Waals surface area contributed by atoms with Crippen LogP contribution in [0.1, 0.15) is 42.3 Å². The first-order valence-corrected chi connectivity index (χ1v) is 12.7. The van der Waals surface area contributed by atoms with Crippen molar-refractivity contribution in [1.82, 2.24) is 9.97 Å². The molecule has 5 aromatic rings. The fourth-order valence-electron chi connectivity index (χ4n) is 4.39. The molecular formula is C32H26N4O4. The first kappa shape index (κ1) is 26.2. The van der Waals surface area contributed by atoms with Crippen molar-refractivity contribution in [1.29, 1.82) is 0 Å². The van der Waals surface area contributed by atoms with E-state index in [-0.39, 0.29) is 23.1 Å². The van der Waals surface area contributed by atoms with Gasteiger partial charge in [-0.1, -0.05) is 66.7 Å². The molecule has 0 aliphatic rings. The maximum Gasteiger partial charge on any atom is 0.340 e. The van der Waals surface area contributed by atoms with Crippen molar-refractivity contribution in [3.63, 3.8) is 0 Å². The molecule has 1 heterocycles. The Labute approximate surface area is 231 Å². The Morgan fingerprint density at radius 3 is 1.85 bits per heavy atom. The third-order valence-electron chi connectivity index (χ3n) is 6.37. The number of carbonyl (C=O) groups excluding carboxylic acids is 3. The Balaban J connectivity index is 1.63. The van der Waals surface area contributed by atoms with Gasteiger partial charge in [0.15, 0.2) is 0 Å². The number of anilines is 2. The first-order chi connectivity index (χ1) is 19.5. The molecule has 2 amide bonds. The van der Waals surface area contributed by atoms with E-state index >= 15 is 0 Å². The number of hydrogen-bond donors (Lipinski definition) is 2. The van der Waals surface area contributed by atoms with Crippen LogP contribution in [0.2, 0.25) is 0 Å². The summed E-state index contributed by atoms with van der Waals surface area (Å²) in [6, 6.07) is 30.6. The second kappa shape index (κ2) is 12.0. The number of methoxy groups -OCH3 is 1. The van der Waals surface area contributed by atoms with E-state index in [2.05, 4.69) is 15.6 Å². The number of hydrogen-bond acceptors (Lipinski definition) is 6. The van der Waals surface area contributed by atoms with Gasteiger partial charge in [0, 0.05) is 16.5 Å². The minimum absolute atomic E-state index is 0.121. The van der Waals surface area contributed by atoms with Gasteiger partial charge in [-0.05, 0) is 54.8 Å². The van der Waals surface area contributed by atoms with Crippen LogP contribution in [0.3, 0.4) is 0 Å². The summed E-state index contributed by atoms with van der Waals surface area (Å²) in [7, 11) is 1.28. The highest BCUT2D eigenvalue weighted by atomic mass is 16.5. The lowest BCUT2D eigenvalue weighted by atomic mass is 10.0. The van der Waals surface area contributed by atoms with E-state index in [1.54, 1.807) is 60.7 Å². The van der Waals surface area contributed by atoms with Gasteiger partial charge in [-0.15, -0.1) is 0 Å². The maximum atomic E-state index is 13.2. The van der Waals surface area contributed by atoms with E-state index in [9.17, 15) is 14.4 Å². The number of carbonyl (C=O) groups is 3. The molecule has 0 radical (unpaired) electrons. The highest BCUT2D eigenvalue weighted by Crippen LogP contribution is 2.32. The molecule has 4 aromatic carbocycles. The summed E-state index contributed by atoms with van der Waals surface area (Å²) in [6.45, 7) is 0. The molecule has 0 saturated heterocycles. The van der Waals surface area contributed by atoms with Crippen molar-refractivity contribution in [3.05, 3.63) is 131 Å². The van der Waals surface area contributed by atoms with Gasteiger partial charge in [0.05, 0.1) is 29.6 Å². The average Bonchev–Trinajstić information content (AvgIpc) is 3.00. The molecule has 0 bridgehead atoms. The van der Waals surface area contributed by atoms with E-state index in [1.165, 1.54) is 7.11 Å². The summed E-state index contributed by atoms with van der Waals surface area (Å²) < 4.78 is 5.02. The standard InChI is InChI=1S/C32H26N4O4/c1-40-31(39)24-18-20-26-27(28(24)35-29(37)22-13-7-3-8-14-22)25(19-17-21-11-5-2-6-12-21)33-32(34-26)36-30(38)23-15-9-4-10-16-23/h2-16,18,20H,17,19H2,1H3,(H,35,37)(H,33,34,36,38). The minimum atomic E-state index is -0.610. The van der Waals surface area contributed by atoms with Crippen molar-refractivity contribution >= 4 is 40.3 Å². The molecule has 0 atom stereocenters. The van der Waals surface area contributed by atoms with Crippen LogP contribution in [0.4, 0.5) is 11.6 Å². The normalized spacial score (nSPS) is 10.6. The van der Waals surface area contributed by atoms with Gasteiger partial charge < -0.3 is 10.1 Å². The molecule has 8 heteroatoms. The second-order valence-corrected chi connectivity index (χ2v) is 8.99. The van der Waals surface area contributed by atoms with Gasteiger partial charge in [-0.3, -0.25) is 14.9 Å². The highest BCUT2D eigenvalue weighted by molar-refractivity contribution is 6.15. The number of nitrogens with zero attached hydrogens (tertiary/aromatic N) is 2. The van der Waals surface area contributed by atoms with Crippen LogP contribution >= 0.6 is 0 Å². The van der Waals surface area contributed by atoms with Crippen LogP contribution in [0.15, 0.2) is 103 Å². The minimum Gasteiger partial charge on any atom is -0.465 e. The zero-order valence-electron chi connectivity index (χ0n) is 21.8. The van der Waals surface area contributed by atoms with Crippen molar-refractivity contribution in [3.8, 4) is 0 Å². The monoisotopic (exact) mass is 530 g/mol. The van der Waals surface area contributed by atoms with E-state index < -0.39 is 11.9 Å². The molecule has 0 unspecified atom stereocenters. The maximum absolute atomic E-state index is 13.2. The Morgan fingerprint density at radius 1 is 0.675 bits per heavy atom. The highest BCUT2D eigenvalue weighted by Gasteiger charge is 2.22. The number of esters is 1. The number of nitrogens with one attached hydrogen (secondary N) is 2. The number of fused-ring (bicyclic) bond motifs is 1. The second-order valence-electron chi connectivity index (χ2n) is 8.99. The van der Waals surface area contributed by atoms with Crippen LogP contribution in [-0.2, 0) is 17.6 Å². The average molecular weight is 531 g/mol. The summed E-state index contributed by atoms with van der Waals surface area (Å²) >= 11 is 0. The molecule has 5 rings (SSSR count). The molecule has 0 aliphatic heterocycles. The predicted octanol–water partition coefficient (Wildman–Crippen LogP) is 5.71. The Morgan fingerprint density at radius 2 is 1.25 bits per heavy atom. The molecule has 0 aliphatic carbocycles. The molecule has 0 spiro atoms. The van der Waals surface area contributed by atoms with Crippen LogP contribution in [0.25, 0.3) is 10.9 Å². The zero-order chi connectivity index (χ0) is 27.9. The lowest BCUT2D eigenvalue weighted by Gasteiger charge is -2.17. The smallest absolute Gasteiger partial charge is 0.340 e. The summed E-state index contributed by atoms with van der Waals surface area (Å²) in [4.78, 5) is 48.2. The largest absolute Gasteiger partial charge is 0.465 e. The van der Waals surface area contributed by atoms with Crippen molar-refractivity contribution in [2.24, 2.45) is 0 Å². The van der Waals surface area contributed by atoms with Gasteiger partial charge >= 0.3 is 5.97 Å². The van der Waals surface area contributed by atoms with Crippen LogP contribution < -0.4 is 10.6 Å². The quantitative estimate of drug-likeness (QED) is 0.249.